The molecule has 0 radical (unpaired) electrons. The van der Waals surface area contributed by atoms with E-state index in [1.54, 1.807) is 37.3 Å². The molecule has 0 aromatic heterocycles. The highest BCUT2D eigenvalue weighted by molar-refractivity contribution is 6.40. The summed E-state index contributed by atoms with van der Waals surface area (Å²) in [6.07, 6.45) is 0.567. The molecule has 0 saturated carbocycles. The van der Waals surface area contributed by atoms with Crippen molar-refractivity contribution in [1.82, 2.24) is 0 Å². The highest BCUT2D eigenvalue weighted by Crippen LogP contribution is 2.25. The number of ether oxygens (including phenoxy) is 1. The molecule has 1 atom stereocenters. The van der Waals surface area contributed by atoms with Crippen molar-refractivity contribution >= 4 is 40.8 Å². The Balaban J connectivity index is 2.06. The van der Waals surface area contributed by atoms with Crippen LogP contribution < -0.4 is 5.32 Å². The molecule has 4 nitrogen and oxygen atoms in total. The normalized spacial score (nSPS) is 11.7. The number of anilines is 1. The summed E-state index contributed by atoms with van der Waals surface area (Å²) >= 11 is 12.1. The summed E-state index contributed by atoms with van der Waals surface area (Å²) in [6, 6.07) is 12.1. The third kappa shape index (κ3) is 4.49. The lowest BCUT2D eigenvalue weighted by atomic mass is 10.0. The van der Waals surface area contributed by atoms with E-state index in [2.05, 4.69) is 5.32 Å². The molecule has 0 aliphatic heterocycles. The molecule has 0 spiro atoms. The van der Waals surface area contributed by atoms with E-state index in [4.69, 9.17) is 27.9 Å². The molecule has 0 saturated heterocycles. The minimum atomic E-state index is -0.374. The molecule has 1 amide bonds. The summed E-state index contributed by atoms with van der Waals surface area (Å²) in [6.45, 7) is 1.81. The Labute approximate surface area is 150 Å². The number of benzene rings is 2. The maximum Gasteiger partial charge on any atom is 0.308 e. The fraction of sp³-hybridized carbons (Fsp3) is 0.222. The van der Waals surface area contributed by atoms with E-state index in [1.807, 2.05) is 12.1 Å². The van der Waals surface area contributed by atoms with Crippen LogP contribution in [0.15, 0.2) is 42.5 Å². The van der Waals surface area contributed by atoms with Gasteiger partial charge in [0, 0.05) is 5.69 Å². The largest absolute Gasteiger partial charge is 0.469 e. The summed E-state index contributed by atoms with van der Waals surface area (Å²) in [5.74, 6) is -0.848. The van der Waals surface area contributed by atoms with Crippen LogP contribution in [0.2, 0.25) is 10.0 Å². The third-order valence-electron chi connectivity index (χ3n) is 3.55. The lowest BCUT2D eigenvalue weighted by Crippen LogP contribution is -2.15. The molecule has 2 rings (SSSR count). The Hall–Kier alpha value is -2.04. The lowest BCUT2D eigenvalue weighted by Gasteiger charge is -2.11. The van der Waals surface area contributed by atoms with Crippen LogP contribution in [0.5, 0.6) is 0 Å². The first-order chi connectivity index (χ1) is 11.4. The zero-order valence-electron chi connectivity index (χ0n) is 13.3. The minimum Gasteiger partial charge on any atom is -0.469 e. The molecule has 1 N–H and O–H groups in total. The molecule has 2 aromatic rings. The maximum absolute atomic E-state index is 12.3. The first kappa shape index (κ1) is 18.3. The number of methoxy groups -OCH3 is 1. The standard InChI is InChI=1S/C18H17Cl2NO3/c1-11(18(23)24-2)10-12-6-8-13(9-7-12)21-17(22)16-14(19)4-3-5-15(16)20/h3-9,11H,10H2,1-2H3,(H,21,22). The molecular formula is C18H17Cl2NO3. The van der Waals surface area contributed by atoms with Gasteiger partial charge in [-0.15, -0.1) is 0 Å². The highest BCUT2D eigenvalue weighted by Gasteiger charge is 2.16. The molecule has 0 bridgehead atoms. The van der Waals surface area contributed by atoms with E-state index in [-0.39, 0.29) is 23.4 Å². The highest BCUT2D eigenvalue weighted by atomic mass is 35.5. The summed E-state index contributed by atoms with van der Waals surface area (Å²) in [5, 5.41) is 3.34. The zero-order valence-corrected chi connectivity index (χ0v) is 14.8. The average Bonchev–Trinajstić information content (AvgIpc) is 2.55. The number of hydrogen-bond donors (Lipinski definition) is 1. The van der Waals surface area contributed by atoms with Gasteiger partial charge in [0.05, 0.1) is 28.6 Å². The Morgan fingerprint density at radius 2 is 1.67 bits per heavy atom. The topological polar surface area (TPSA) is 55.4 Å². The molecule has 126 valence electrons. The maximum atomic E-state index is 12.3. The van der Waals surface area contributed by atoms with E-state index in [1.165, 1.54) is 7.11 Å². The Morgan fingerprint density at radius 1 is 1.08 bits per heavy atom. The smallest absolute Gasteiger partial charge is 0.308 e. The fourth-order valence-electron chi connectivity index (χ4n) is 2.27. The Morgan fingerprint density at radius 3 is 2.21 bits per heavy atom. The number of rotatable bonds is 5. The molecule has 2 aromatic carbocycles. The van der Waals surface area contributed by atoms with Crippen molar-refractivity contribution in [3.63, 3.8) is 0 Å². The summed E-state index contributed by atoms with van der Waals surface area (Å²) in [7, 11) is 1.37. The van der Waals surface area contributed by atoms with Crippen molar-refractivity contribution in [3.8, 4) is 0 Å². The van der Waals surface area contributed by atoms with Gasteiger partial charge in [-0.05, 0) is 36.2 Å². The van der Waals surface area contributed by atoms with Gasteiger partial charge in [0.25, 0.3) is 5.91 Å². The van der Waals surface area contributed by atoms with E-state index in [0.717, 1.165) is 5.56 Å². The van der Waals surface area contributed by atoms with Crippen molar-refractivity contribution in [2.24, 2.45) is 5.92 Å². The van der Waals surface area contributed by atoms with Gasteiger partial charge in [-0.25, -0.2) is 0 Å². The molecule has 24 heavy (non-hydrogen) atoms. The first-order valence-electron chi connectivity index (χ1n) is 7.34. The molecule has 0 heterocycles. The second kappa shape index (κ2) is 8.18. The molecular weight excluding hydrogens is 349 g/mol. The van der Waals surface area contributed by atoms with Crippen molar-refractivity contribution in [1.29, 1.82) is 0 Å². The fourth-order valence-corrected chi connectivity index (χ4v) is 2.84. The van der Waals surface area contributed by atoms with Gasteiger partial charge >= 0.3 is 5.97 Å². The van der Waals surface area contributed by atoms with Gasteiger partial charge < -0.3 is 10.1 Å². The summed E-state index contributed by atoms with van der Waals surface area (Å²) in [5.41, 5.74) is 1.83. The van der Waals surface area contributed by atoms with Crippen LogP contribution in [0.3, 0.4) is 0 Å². The number of carbonyl (C=O) groups is 2. The first-order valence-corrected chi connectivity index (χ1v) is 8.10. The van der Waals surface area contributed by atoms with Crippen LogP contribution in [0, 0.1) is 5.92 Å². The molecule has 0 fully saturated rings. The predicted molar refractivity (Wildman–Crippen MR) is 95.7 cm³/mol. The Bertz CT molecular complexity index is 724. The van der Waals surface area contributed by atoms with Crippen LogP contribution in [-0.2, 0) is 16.0 Å². The van der Waals surface area contributed by atoms with E-state index in [9.17, 15) is 9.59 Å². The van der Waals surface area contributed by atoms with Crippen LogP contribution in [0.4, 0.5) is 5.69 Å². The zero-order chi connectivity index (χ0) is 17.7. The quantitative estimate of drug-likeness (QED) is 0.787. The number of hydrogen-bond acceptors (Lipinski definition) is 3. The molecule has 6 heteroatoms. The van der Waals surface area contributed by atoms with Crippen LogP contribution in [0.25, 0.3) is 0 Å². The van der Waals surface area contributed by atoms with Crippen molar-refractivity contribution in [2.75, 3.05) is 12.4 Å². The summed E-state index contributed by atoms with van der Waals surface area (Å²) in [4.78, 5) is 23.8. The monoisotopic (exact) mass is 365 g/mol. The van der Waals surface area contributed by atoms with E-state index in [0.29, 0.717) is 22.2 Å². The van der Waals surface area contributed by atoms with Gasteiger partial charge in [0.2, 0.25) is 0 Å². The van der Waals surface area contributed by atoms with Gasteiger partial charge in [0.1, 0.15) is 0 Å². The van der Waals surface area contributed by atoms with Crippen molar-refractivity contribution < 1.29 is 14.3 Å². The van der Waals surface area contributed by atoms with Gasteiger partial charge in [-0.3, -0.25) is 9.59 Å². The lowest BCUT2D eigenvalue weighted by molar-refractivity contribution is -0.144. The number of nitrogens with one attached hydrogen (secondary N) is 1. The van der Waals surface area contributed by atoms with Gasteiger partial charge in [0.15, 0.2) is 0 Å². The minimum absolute atomic E-state index is 0.225. The van der Waals surface area contributed by atoms with Crippen molar-refractivity contribution in [3.05, 3.63) is 63.6 Å². The number of amides is 1. The van der Waals surface area contributed by atoms with Gasteiger partial charge in [-0.1, -0.05) is 48.3 Å². The second-order valence-electron chi connectivity index (χ2n) is 5.38. The van der Waals surface area contributed by atoms with Crippen molar-refractivity contribution in [2.45, 2.75) is 13.3 Å². The molecule has 1 unspecified atom stereocenters. The number of carbonyl (C=O) groups excluding carboxylic acids is 2. The van der Waals surface area contributed by atoms with Crippen LogP contribution >= 0.6 is 23.2 Å². The second-order valence-corrected chi connectivity index (χ2v) is 6.19. The SMILES string of the molecule is COC(=O)C(C)Cc1ccc(NC(=O)c2c(Cl)cccc2Cl)cc1. The average molecular weight is 366 g/mol. The van der Waals surface area contributed by atoms with E-state index < -0.39 is 0 Å². The Kier molecular flexibility index (Phi) is 6.23. The molecule has 0 aliphatic carbocycles. The molecule has 0 aliphatic rings. The summed E-state index contributed by atoms with van der Waals surface area (Å²) < 4.78 is 4.71. The van der Waals surface area contributed by atoms with Crippen LogP contribution in [-0.4, -0.2) is 19.0 Å². The third-order valence-corrected chi connectivity index (χ3v) is 4.18. The van der Waals surface area contributed by atoms with Crippen LogP contribution in [0.1, 0.15) is 22.8 Å². The predicted octanol–water partition coefficient (Wildman–Crippen LogP) is 4.60. The number of esters is 1. The van der Waals surface area contributed by atoms with Gasteiger partial charge in [-0.2, -0.15) is 0 Å². The van der Waals surface area contributed by atoms with E-state index >= 15 is 0 Å². The number of halogens is 2.